The summed E-state index contributed by atoms with van der Waals surface area (Å²) in [5, 5.41) is 0.605. The number of carbonyl (C=O) groups excluding carboxylic acids is 1. The Bertz CT molecular complexity index is 690. The van der Waals surface area contributed by atoms with Crippen molar-refractivity contribution >= 4 is 40.8 Å². The molecule has 1 heterocycles. The molecule has 0 bridgehead atoms. The maximum atomic E-state index is 12.1. The van der Waals surface area contributed by atoms with Gasteiger partial charge >= 0.3 is 5.97 Å². The van der Waals surface area contributed by atoms with E-state index in [1.54, 1.807) is 16.7 Å². The summed E-state index contributed by atoms with van der Waals surface area (Å²) in [7, 11) is 1.39. The number of fused-ring (bicyclic) bond motifs is 1. The second-order valence-corrected chi connectivity index (χ2v) is 5.95. The first-order chi connectivity index (χ1) is 9.43. The van der Waals surface area contributed by atoms with Gasteiger partial charge in [-0.1, -0.05) is 25.4 Å². The van der Waals surface area contributed by atoms with Crippen LogP contribution in [0.2, 0.25) is 5.02 Å². The minimum atomic E-state index is -0.445. The summed E-state index contributed by atoms with van der Waals surface area (Å²) in [6, 6.07) is 5.00. The van der Waals surface area contributed by atoms with Gasteiger partial charge in [-0.25, -0.2) is 4.79 Å². The number of halogens is 1. The van der Waals surface area contributed by atoms with Crippen molar-refractivity contribution in [3.05, 3.63) is 28.0 Å². The SMILES string of the molecule is COC(=O)C(CC(C)C)n1c(=S)[nH]c2ccc(Cl)cc21. The molecular formula is C14H17ClN2O2S. The Morgan fingerprint density at radius 2 is 2.20 bits per heavy atom. The third-order valence-electron chi connectivity index (χ3n) is 3.16. The minimum absolute atomic E-state index is 0.296. The van der Waals surface area contributed by atoms with E-state index in [0.29, 0.717) is 22.1 Å². The monoisotopic (exact) mass is 312 g/mol. The van der Waals surface area contributed by atoms with Crippen LogP contribution in [0.5, 0.6) is 0 Å². The molecule has 0 spiro atoms. The molecular weight excluding hydrogens is 296 g/mol. The molecule has 0 saturated heterocycles. The predicted octanol–water partition coefficient (Wildman–Crippen LogP) is 4.11. The molecule has 1 atom stereocenters. The minimum Gasteiger partial charge on any atom is -0.467 e. The average molecular weight is 313 g/mol. The van der Waals surface area contributed by atoms with Crippen molar-refractivity contribution in [2.45, 2.75) is 26.3 Å². The number of benzene rings is 1. The molecule has 0 radical (unpaired) electrons. The van der Waals surface area contributed by atoms with Gasteiger partial charge in [0.1, 0.15) is 6.04 Å². The number of H-pyrrole nitrogens is 1. The average Bonchev–Trinajstić information content (AvgIpc) is 2.70. The van der Waals surface area contributed by atoms with Gasteiger partial charge in [-0.05, 0) is 42.8 Å². The maximum absolute atomic E-state index is 12.1. The summed E-state index contributed by atoms with van der Waals surface area (Å²) >= 11 is 11.4. The first-order valence-electron chi connectivity index (χ1n) is 6.41. The Morgan fingerprint density at radius 1 is 1.50 bits per heavy atom. The van der Waals surface area contributed by atoms with E-state index in [1.807, 2.05) is 6.07 Å². The number of hydrogen-bond donors (Lipinski definition) is 1. The van der Waals surface area contributed by atoms with Crippen molar-refractivity contribution in [2.75, 3.05) is 7.11 Å². The van der Waals surface area contributed by atoms with Gasteiger partial charge in [0.15, 0.2) is 4.77 Å². The van der Waals surface area contributed by atoms with Gasteiger partial charge < -0.3 is 14.3 Å². The van der Waals surface area contributed by atoms with E-state index in [2.05, 4.69) is 18.8 Å². The summed E-state index contributed by atoms with van der Waals surface area (Å²) in [6.07, 6.45) is 0.653. The Labute approximate surface area is 127 Å². The smallest absolute Gasteiger partial charge is 0.328 e. The molecule has 4 nitrogen and oxygen atoms in total. The lowest BCUT2D eigenvalue weighted by Crippen LogP contribution is -2.22. The van der Waals surface area contributed by atoms with Gasteiger partial charge in [0, 0.05) is 5.02 Å². The number of aromatic amines is 1. The van der Waals surface area contributed by atoms with Gasteiger partial charge in [0.2, 0.25) is 0 Å². The van der Waals surface area contributed by atoms with Crippen molar-refractivity contribution in [3.8, 4) is 0 Å². The molecule has 1 unspecified atom stereocenters. The molecule has 0 aliphatic heterocycles. The molecule has 108 valence electrons. The first-order valence-corrected chi connectivity index (χ1v) is 7.20. The number of ether oxygens (including phenoxy) is 1. The molecule has 2 rings (SSSR count). The molecule has 0 amide bonds. The van der Waals surface area contributed by atoms with Gasteiger partial charge in [0.25, 0.3) is 0 Å². The number of esters is 1. The fraction of sp³-hybridized carbons (Fsp3) is 0.429. The fourth-order valence-electron chi connectivity index (χ4n) is 2.29. The third-order valence-corrected chi connectivity index (χ3v) is 3.69. The number of imidazole rings is 1. The first kappa shape index (κ1) is 15.1. The van der Waals surface area contributed by atoms with Crippen LogP contribution < -0.4 is 0 Å². The van der Waals surface area contributed by atoms with Crippen LogP contribution in [0.1, 0.15) is 26.3 Å². The Morgan fingerprint density at radius 3 is 2.80 bits per heavy atom. The quantitative estimate of drug-likeness (QED) is 0.682. The van der Waals surface area contributed by atoms with Crippen LogP contribution >= 0.6 is 23.8 Å². The Kier molecular flexibility index (Phi) is 4.50. The fourth-order valence-corrected chi connectivity index (χ4v) is 2.80. The maximum Gasteiger partial charge on any atom is 0.328 e. The summed E-state index contributed by atoms with van der Waals surface area (Å²) in [5.41, 5.74) is 1.68. The summed E-state index contributed by atoms with van der Waals surface area (Å²) < 4.78 is 7.21. The molecule has 0 saturated carbocycles. The van der Waals surface area contributed by atoms with Crippen LogP contribution in [0.4, 0.5) is 0 Å². The van der Waals surface area contributed by atoms with Crippen LogP contribution in [-0.2, 0) is 9.53 Å². The van der Waals surface area contributed by atoms with E-state index in [4.69, 9.17) is 28.6 Å². The zero-order valence-electron chi connectivity index (χ0n) is 11.6. The van der Waals surface area contributed by atoms with Crippen LogP contribution in [-0.4, -0.2) is 22.6 Å². The number of hydrogen-bond acceptors (Lipinski definition) is 3. The van der Waals surface area contributed by atoms with Crippen molar-refractivity contribution in [3.63, 3.8) is 0 Å². The Balaban J connectivity index is 2.63. The molecule has 1 aromatic heterocycles. The van der Waals surface area contributed by atoms with Gasteiger partial charge in [0.05, 0.1) is 18.1 Å². The standard InChI is InChI=1S/C14H17ClN2O2S/c1-8(2)6-12(13(18)19-3)17-11-7-9(15)4-5-10(11)16-14(17)20/h4-5,7-8,12H,6H2,1-3H3,(H,16,20). The summed E-state index contributed by atoms with van der Waals surface area (Å²) in [5.74, 6) is 0.0424. The van der Waals surface area contributed by atoms with Crippen LogP contribution in [0.3, 0.4) is 0 Å². The van der Waals surface area contributed by atoms with Gasteiger partial charge in [-0.2, -0.15) is 0 Å². The molecule has 1 aromatic carbocycles. The van der Waals surface area contributed by atoms with Crippen LogP contribution in [0.15, 0.2) is 18.2 Å². The van der Waals surface area contributed by atoms with Crippen LogP contribution in [0.25, 0.3) is 11.0 Å². The lowest BCUT2D eigenvalue weighted by molar-refractivity contribution is -0.145. The summed E-state index contributed by atoms with van der Waals surface area (Å²) in [6.45, 7) is 4.11. The van der Waals surface area contributed by atoms with E-state index in [0.717, 1.165) is 11.0 Å². The number of nitrogens with zero attached hydrogens (tertiary/aromatic N) is 1. The van der Waals surface area contributed by atoms with Crippen molar-refractivity contribution in [2.24, 2.45) is 5.92 Å². The molecule has 0 aliphatic carbocycles. The van der Waals surface area contributed by atoms with E-state index in [1.165, 1.54) is 7.11 Å². The molecule has 0 fully saturated rings. The largest absolute Gasteiger partial charge is 0.467 e. The second-order valence-electron chi connectivity index (χ2n) is 5.13. The lowest BCUT2D eigenvalue weighted by atomic mass is 10.0. The zero-order chi connectivity index (χ0) is 14.9. The molecule has 2 aromatic rings. The molecule has 0 aliphatic rings. The zero-order valence-corrected chi connectivity index (χ0v) is 13.2. The van der Waals surface area contributed by atoms with Crippen LogP contribution in [0, 0.1) is 10.7 Å². The topological polar surface area (TPSA) is 47.0 Å². The highest BCUT2D eigenvalue weighted by atomic mass is 35.5. The van der Waals surface area contributed by atoms with Crippen molar-refractivity contribution in [1.82, 2.24) is 9.55 Å². The number of rotatable bonds is 4. The number of nitrogens with one attached hydrogen (secondary N) is 1. The van der Waals surface area contributed by atoms with Crippen molar-refractivity contribution < 1.29 is 9.53 Å². The predicted molar refractivity (Wildman–Crippen MR) is 82.6 cm³/mol. The molecule has 1 N–H and O–H groups in total. The van der Waals surface area contributed by atoms with Gasteiger partial charge in [-0.15, -0.1) is 0 Å². The van der Waals surface area contributed by atoms with Crippen molar-refractivity contribution in [1.29, 1.82) is 0 Å². The highest BCUT2D eigenvalue weighted by Crippen LogP contribution is 2.27. The van der Waals surface area contributed by atoms with E-state index >= 15 is 0 Å². The molecule has 6 heteroatoms. The second kappa shape index (κ2) is 5.97. The summed E-state index contributed by atoms with van der Waals surface area (Å²) in [4.78, 5) is 15.2. The highest BCUT2D eigenvalue weighted by molar-refractivity contribution is 7.71. The normalized spacial score (nSPS) is 12.8. The van der Waals surface area contributed by atoms with E-state index in [9.17, 15) is 4.79 Å². The number of aromatic nitrogens is 2. The third kappa shape index (κ3) is 2.88. The highest BCUT2D eigenvalue weighted by Gasteiger charge is 2.25. The van der Waals surface area contributed by atoms with E-state index in [-0.39, 0.29) is 5.97 Å². The van der Waals surface area contributed by atoms with Gasteiger partial charge in [-0.3, -0.25) is 0 Å². The van der Waals surface area contributed by atoms with E-state index < -0.39 is 6.04 Å². The Hall–Kier alpha value is -1.33. The lowest BCUT2D eigenvalue weighted by Gasteiger charge is -2.19. The number of methoxy groups -OCH3 is 1. The number of carbonyl (C=O) groups is 1. The molecule has 20 heavy (non-hydrogen) atoms.